The molecule has 0 saturated heterocycles. The van der Waals surface area contributed by atoms with Crippen molar-refractivity contribution in [2.75, 3.05) is 0 Å². The van der Waals surface area contributed by atoms with E-state index in [2.05, 4.69) is 4.98 Å². The van der Waals surface area contributed by atoms with Crippen molar-refractivity contribution < 1.29 is 18.7 Å². The molecule has 0 bridgehead atoms. The molecule has 3 nitrogen and oxygen atoms in total. The number of carboxylic acids is 1. The summed E-state index contributed by atoms with van der Waals surface area (Å²) in [7, 11) is 0. The second kappa shape index (κ2) is 5.14. The first-order valence-electron chi connectivity index (χ1n) is 4.88. The van der Waals surface area contributed by atoms with Gasteiger partial charge in [0.25, 0.3) is 0 Å². The molecule has 0 aliphatic rings. The van der Waals surface area contributed by atoms with Crippen LogP contribution in [0.1, 0.15) is 10.4 Å². The minimum atomic E-state index is -1.07. The van der Waals surface area contributed by atoms with Crippen molar-refractivity contribution >= 4 is 17.7 Å². The Morgan fingerprint density at radius 2 is 1.94 bits per heavy atom. The summed E-state index contributed by atoms with van der Waals surface area (Å²) in [5.74, 6) is -2.94. The molecule has 18 heavy (non-hydrogen) atoms. The van der Waals surface area contributed by atoms with Gasteiger partial charge >= 0.3 is 5.97 Å². The molecule has 1 heterocycles. The lowest BCUT2D eigenvalue weighted by atomic mass is 10.3. The van der Waals surface area contributed by atoms with Crippen LogP contribution in [-0.2, 0) is 0 Å². The first-order chi connectivity index (χ1) is 8.56. The molecule has 0 aliphatic heterocycles. The van der Waals surface area contributed by atoms with Crippen molar-refractivity contribution in [1.29, 1.82) is 0 Å². The number of nitrogens with zero attached hydrogens (tertiary/aromatic N) is 1. The molecule has 0 saturated carbocycles. The Morgan fingerprint density at radius 3 is 2.61 bits per heavy atom. The first-order valence-corrected chi connectivity index (χ1v) is 5.70. The Hall–Kier alpha value is -1.95. The Bertz CT molecular complexity index is 604. The number of aromatic carboxylic acids is 1. The average molecular weight is 267 g/mol. The molecule has 2 rings (SSSR count). The third-order valence-electron chi connectivity index (χ3n) is 2.10. The Morgan fingerprint density at radius 1 is 1.17 bits per heavy atom. The highest BCUT2D eigenvalue weighted by atomic mass is 32.2. The minimum absolute atomic E-state index is 0.0927. The van der Waals surface area contributed by atoms with Gasteiger partial charge in [-0.3, -0.25) is 0 Å². The molecule has 0 atom stereocenters. The SMILES string of the molecule is O=C(O)c1ccnc(Sc2ccc(F)c(F)c2)c1. The highest BCUT2D eigenvalue weighted by Crippen LogP contribution is 2.27. The van der Waals surface area contributed by atoms with E-state index in [0.717, 1.165) is 23.9 Å². The molecule has 0 amide bonds. The molecule has 6 heteroatoms. The zero-order valence-electron chi connectivity index (χ0n) is 8.93. The zero-order valence-corrected chi connectivity index (χ0v) is 9.75. The largest absolute Gasteiger partial charge is 0.478 e. The summed E-state index contributed by atoms with van der Waals surface area (Å²) in [6.07, 6.45) is 1.35. The van der Waals surface area contributed by atoms with Gasteiger partial charge in [-0.2, -0.15) is 0 Å². The fourth-order valence-corrected chi connectivity index (χ4v) is 2.10. The third-order valence-corrected chi connectivity index (χ3v) is 3.02. The molecular weight excluding hydrogens is 260 g/mol. The van der Waals surface area contributed by atoms with Crippen molar-refractivity contribution in [2.24, 2.45) is 0 Å². The smallest absolute Gasteiger partial charge is 0.335 e. The molecule has 0 radical (unpaired) electrons. The van der Waals surface area contributed by atoms with E-state index in [9.17, 15) is 13.6 Å². The second-order valence-electron chi connectivity index (χ2n) is 3.37. The van der Waals surface area contributed by atoms with Gasteiger partial charge in [0.2, 0.25) is 0 Å². The predicted octanol–water partition coefficient (Wildman–Crippen LogP) is 3.21. The van der Waals surface area contributed by atoms with Gasteiger partial charge in [-0.15, -0.1) is 0 Å². The number of hydrogen-bond acceptors (Lipinski definition) is 3. The molecule has 0 spiro atoms. The van der Waals surface area contributed by atoms with E-state index >= 15 is 0 Å². The maximum atomic E-state index is 13.0. The average Bonchev–Trinajstić information content (AvgIpc) is 2.34. The number of benzene rings is 1. The fraction of sp³-hybridized carbons (Fsp3) is 0. The van der Waals surface area contributed by atoms with E-state index in [1.54, 1.807) is 0 Å². The molecular formula is C12H7F2NO2S. The number of rotatable bonds is 3. The van der Waals surface area contributed by atoms with Crippen LogP contribution in [0.15, 0.2) is 46.5 Å². The topological polar surface area (TPSA) is 50.2 Å². The second-order valence-corrected chi connectivity index (χ2v) is 4.46. The summed E-state index contributed by atoms with van der Waals surface area (Å²) >= 11 is 1.06. The van der Waals surface area contributed by atoms with Crippen LogP contribution in [0.4, 0.5) is 8.78 Å². The van der Waals surface area contributed by atoms with E-state index in [4.69, 9.17) is 5.11 Å². The van der Waals surface area contributed by atoms with Crippen LogP contribution >= 0.6 is 11.8 Å². The minimum Gasteiger partial charge on any atom is -0.478 e. The third kappa shape index (κ3) is 2.84. The summed E-state index contributed by atoms with van der Waals surface area (Å²) < 4.78 is 25.7. The number of carbonyl (C=O) groups is 1. The van der Waals surface area contributed by atoms with E-state index < -0.39 is 17.6 Å². The van der Waals surface area contributed by atoms with Crippen molar-refractivity contribution in [3.8, 4) is 0 Å². The van der Waals surface area contributed by atoms with Crippen molar-refractivity contribution in [2.45, 2.75) is 9.92 Å². The van der Waals surface area contributed by atoms with Crippen LogP contribution < -0.4 is 0 Å². The maximum Gasteiger partial charge on any atom is 0.335 e. The molecule has 0 unspecified atom stereocenters. The Labute approximate surface area is 105 Å². The normalized spacial score (nSPS) is 10.3. The standard InChI is InChI=1S/C12H7F2NO2S/c13-9-2-1-8(6-10(9)14)18-11-5-7(12(16)17)3-4-15-11/h1-6H,(H,16,17). The van der Waals surface area contributed by atoms with Gasteiger partial charge in [0, 0.05) is 11.1 Å². The van der Waals surface area contributed by atoms with Gasteiger partial charge in [0.05, 0.1) is 5.56 Å². The van der Waals surface area contributed by atoms with Crippen molar-refractivity contribution in [3.63, 3.8) is 0 Å². The van der Waals surface area contributed by atoms with Gasteiger partial charge in [0.15, 0.2) is 11.6 Å². The molecule has 1 aromatic heterocycles. The summed E-state index contributed by atoms with van der Waals surface area (Å²) in [5, 5.41) is 9.21. The lowest BCUT2D eigenvalue weighted by Crippen LogP contribution is -1.96. The maximum absolute atomic E-state index is 13.0. The fourth-order valence-electron chi connectivity index (χ4n) is 1.26. The lowest BCUT2D eigenvalue weighted by Gasteiger charge is -2.02. The van der Waals surface area contributed by atoms with Crippen LogP contribution in [0.5, 0.6) is 0 Å². The zero-order chi connectivity index (χ0) is 13.1. The van der Waals surface area contributed by atoms with Crippen LogP contribution in [0.25, 0.3) is 0 Å². The number of hydrogen-bond donors (Lipinski definition) is 1. The summed E-state index contributed by atoms with van der Waals surface area (Å²) in [6.45, 7) is 0. The van der Waals surface area contributed by atoms with E-state index in [1.807, 2.05) is 0 Å². The number of pyridine rings is 1. The number of aromatic nitrogens is 1. The number of carboxylic acid groups (broad SMARTS) is 1. The molecule has 92 valence electrons. The van der Waals surface area contributed by atoms with Crippen molar-refractivity contribution in [1.82, 2.24) is 4.98 Å². The Kier molecular flexibility index (Phi) is 3.57. The Balaban J connectivity index is 2.25. The monoisotopic (exact) mass is 267 g/mol. The highest BCUT2D eigenvalue weighted by molar-refractivity contribution is 7.99. The van der Waals surface area contributed by atoms with Gasteiger partial charge in [0.1, 0.15) is 5.03 Å². The molecule has 2 aromatic rings. The van der Waals surface area contributed by atoms with Crippen LogP contribution in [0, 0.1) is 11.6 Å². The van der Waals surface area contributed by atoms with Crippen LogP contribution in [-0.4, -0.2) is 16.1 Å². The highest BCUT2D eigenvalue weighted by Gasteiger charge is 2.07. The van der Waals surface area contributed by atoms with Crippen molar-refractivity contribution in [3.05, 3.63) is 53.7 Å². The molecule has 1 N–H and O–H groups in total. The van der Waals surface area contributed by atoms with Crippen LogP contribution in [0.2, 0.25) is 0 Å². The first kappa shape index (κ1) is 12.5. The molecule has 0 aliphatic carbocycles. The predicted molar refractivity (Wildman–Crippen MR) is 61.7 cm³/mol. The van der Waals surface area contributed by atoms with Gasteiger partial charge in [-0.05, 0) is 30.3 Å². The number of halogens is 2. The summed E-state index contributed by atoms with van der Waals surface area (Å²) in [5.41, 5.74) is 0.0927. The van der Waals surface area contributed by atoms with Crippen LogP contribution in [0.3, 0.4) is 0 Å². The van der Waals surface area contributed by atoms with E-state index in [-0.39, 0.29) is 5.56 Å². The van der Waals surface area contributed by atoms with Gasteiger partial charge in [-0.25, -0.2) is 18.6 Å². The quantitative estimate of drug-likeness (QED) is 0.927. The summed E-state index contributed by atoms with van der Waals surface area (Å²) in [6, 6.07) is 6.18. The van der Waals surface area contributed by atoms with Gasteiger partial charge < -0.3 is 5.11 Å². The van der Waals surface area contributed by atoms with Gasteiger partial charge in [-0.1, -0.05) is 11.8 Å². The molecule has 1 aromatic carbocycles. The van der Waals surface area contributed by atoms with E-state index in [1.165, 1.54) is 24.4 Å². The lowest BCUT2D eigenvalue weighted by molar-refractivity contribution is 0.0696. The van der Waals surface area contributed by atoms with E-state index in [0.29, 0.717) is 9.92 Å². The summed E-state index contributed by atoms with van der Waals surface area (Å²) in [4.78, 5) is 15.2. The molecule has 0 fully saturated rings.